The van der Waals surface area contributed by atoms with Crippen LogP contribution < -0.4 is 5.48 Å². The van der Waals surface area contributed by atoms with Gasteiger partial charge in [0.1, 0.15) is 5.69 Å². The van der Waals surface area contributed by atoms with E-state index in [4.69, 9.17) is 33.1 Å². The van der Waals surface area contributed by atoms with Gasteiger partial charge >= 0.3 is 12.1 Å². The summed E-state index contributed by atoms with van der Waals surface area (Å²) in [6, 6.07) is 6.21. The molecule has 1 aromatic carbocycles. The average Bonchev–Trinajstić information content (AvgIpc) is 3.36. The van der Waals surface area contributed by atoms with Gasteiger partial charge in [0.2, 0.25) is 6.23 Å². The summed E-state index contributed by atoms with van der Waals surface area (Å²) in [7, 11) is 0. The number of carboxylic acids is 1. The van der Waals surface area contributed by atoms with E-state index in [1.165, 1.54) is 10.6 Å². The van der Waals surface area contributed by atoms with Crippen molar-refractivity contribution in [1.82, 2.24) is 19.8 Å². The topological polar surface area (TPSA) is 91.5 Å². The van der Waals surface area contributed by atoms with Crippen molar-refractivity contribution in [3.05, 3.63) is 69.1 Å². The molecule has 3 aromatic rings. The zero-order chi connectivity index (χ0) is 24.2. The Morgan fingerprint density at radius 1 is 1.21 bits per heavy atom. The van der Waals surface area contributed by atoms with Crippen LogP contribution in [0.1, 0.15) is 28.6 Å². The summed E-state index contributed by atoms with van der Waals surface area (Å²) in [6.07, 6.45) is -3.19. The van der Waals surface area contributed by atoms with Gasteiger partial charge in [-0.2, -0.15) is 13.2 Å². The van der Waals surface area contributed by atoms with E-state index in [1.54, 1.807) is 12.1 Å². The van der Waals surface area contributed by atoms with E-state index in [1.807, 2.05) is 11.0 Å². The molecule has 4 heterocycles. The van der Waals surface area contributed by atoms with Crippen LogP contribution in [-0.4, -0.2) is 44.3 Å². The molecular formula is C21H16Cl2F3N5O3. The first-order valence-corrected chi connectivity index (χ1v) is 10.8. The molecular weight excluding hydrogens is 498 g/mol. The number of hydrogen-bond donors (Lipinski definition) is 2. The molecule has 0 radical (unpaired) electrons. The highest BCUT2D eigenvalue weighted by Crippen LogP contribution is 2.33. The number of amidine groups is 1. The number of imidazole rings is 1. The fraction of sp³-hybridized carbons (Fsp3) is 0.286. The van der Waals surface area contributed by atoms with Crippen LogP contribution in [0, 0.1) is 5.92 Å². The van der Waals surface area contributed by atoms with Crippen LogP contribution in [0.5, 0.6) is 0 Å². The number of carbonyl (C=O) groups is 1. The summed E-state index contributed by atoms with van der Waals surface area (Å²) < 4.78 is 40.4. The molecule has 1 unspecified atom stereocenters. The molecule has 0 aliphatic carbocycles. The molecule has 1 saturated heterocycles. The van der Waals surface area contributed by atoms with Gasteiger partial charge in [0, 0.05) is 37.6 Å². The van der Waals surface area contributed by atoms with Gasteiger partial charge < -0.3 is 9.51 Å². The summed E-state index contributed by atoms with van der Waals surface area (Å²) in [5, 5.41) is 9.25. The summed E-state index contributed by atoms with van der Waals surface area (Å²) >= 11 is 12.4. The zero-order valence-electron chi connectivity index (χ0n) is 17.2. The minimum Gasteiger partial charge on any atom is -0.481 e. The maximum atomic E-state index is 13.1. The summed E-state index contributed by atoms with van der Waals surface area (Å²) in [5.41, 5.74) is 3.69. The minimum atomic E-state index is -4.55. The number of aromatic nitrogens is 2. The van der Waals surface area contributed by atoms with E-state index in [0.717, 1.165) is 17.8 Å². The van der Waals surface area contributed by atoms with Gasteiger partial charge in [-0.25, -0.2) is 20.3 Å². The highest BCUT2D eigenvalue weighted by molar-refractivity contribution is 6.34. The van der Waals surface area contributed by atoms with Gasteiger partial charge in [0.15, 0.2) is 11.5 Å². The van der Waals surface area contributed by atoms with Crippen LogP contribution in [0.15, 0.2) is 41.7 Å². The maximum Gasteiger partial charge on any atom is 0.417 e. The third kappa shape index (κ3) is 4.31. The normalized spacial score (nSPS) is 19.2. The van der Waals surface area contributed by atoms with E-state index < -0.39 is 23.9 Å². The van der Waals surface area contributed by atoms with Crippen LogP contribution in [0.2, 0.25) is 10.0 Å². The number of likely N-dealkylation sites (tertiary alicyclic amines) is 1. The van der Waals surface area contributed by atoms with Gasteiger partial charge in [-0.05, 0) is 23.8 Å². The molecule has 0 amide bonds. The van der Waals surface area contributed by atoms with Gasteiger partial charge in [-0.1, -0.05) is 29.3 Å². The number of benzene rings is 1. The van der Waals surface area contributed by atoms with Crippen LogP contribution in [0.3, 0.4) is 0 Å². The fourth-order valence-electron chi connectivity index (χ4n) is 3.84. The average molecular weight is 514 g/mol. The van der Waals surface area contributed by atoms with Crippen LogP contribution in [0.4, 0.5) is 13.2 Å². The van der Waals surface area contributed by atoms with Crippen molar-refractivity contribution >= 4 is 40.7 Å². The first-order chi connectivity index (χ1) is 16.1. The first-order valence-electron chi connectivity index (χ1n) is 10.1. The van der Waals surface area contributed by atoms with Gasteiger partial charge in [-0.3, -0.25) is 9.69 Å². The molecule has 1 fully saturated rings. The largest absolute Gasteiger partial charge is 0.481 e. The number of aliphatic imine (C=N–C) groups is 1. The Morgan fingerprint density at radius 3 is 2.65 bits per heavy atom. The lowest BCUT2D eigenvalue weighted by Gasteiger charge is -2.36. The Balaban J connectivity index is 1.33. The van der Waals surface area contributed by atoms with Crippen molar-refractivity contribution in [1.29, 1.82) is 0 Å². The smallest absolute Gasteiger partial charge is 0.417 e. The number of rotatable bonds is 5. The molecule has 2 aromatic heterocycles. The maximum absolute atomic E-state index is 13.1. The van der Waals surface area contributed by atoms with E-state index in [2.05, 4.69) is 15.5 Å². The third-order valence-electron chi connectivity index (χ3n) is 5.62. The highest BCUT2D eigenvalue weighted by atomic mass is 35.5. The number of hydrogen-bond acceptors (Lipinski definition) is 6. The molecule has 34 heavy (non-hydrogen) atoms. The summed E-state index contributed by atoms with van der Waals surface area (Å²) in [5.74, 6) is -0.788. The molecule has 1 atom stereocenters. The number of hydroxylamine groups is 1. The van der Waals surface area contributed by atoms with E-state index in [9.17, 15) is 18.0 Å². The fourth-order valence-corrected chi connectivity index (χ4v) is 4.39. The lowest BCUT2D eigenvalue weighted by Crippen LogP contribution is -2.49. The number of nitrogens with zero attached hydrogens (tertiary/aromatic N) is 4. The van der Waals surface area contributed by atoms with Crippen molar-refractivity contribution < 1.29 is 27.9 Å². The predicted octanol–water partition coefficient (Wildman–Crippen LogP) is 4.16. The van der Waals surface area contributed by atoms with Crippen LogP contribution >= 0.6 is 23.2 Å². The number of pyridine rings is 1. The van der Waals surface area contributed by atoms with Crippen molar-refractivity contribution in [3.63, 3.8) is 0 Å². The minimum absolute atomic E-state index is 0.147. The summed E-state index contributed by atoms with van der Waals surface area (Å²) in [6.45, 7) is 1.56. The van der Waals surface area contributed by atoms with Crippen molar-refractivity contribution in [3.8, 4) is 0 Å². The standard InChI is InChI=1S/C21H16Cl2F3N5O3/c22-14-3-10(5-30-6-11(7-30)20(32)33)1-2-13(14)17-28-19(34-29-17)16-9-31-8-12(21(24,25)26)4-15(23)18(31)27-16/h1-4,8-9,11,19H,5-7H2,(H,28,29)(H,32,33). The van der Waals surface area contributed by atoms with Gasteiger partial charge in [0.25, 0.3) is 0 Å². The van der Waals surface area contributed by atoms with Crippen LogP contribution in [0.25, 0.3) is 5.65 Å². The second-order valence-corrected chi connectivity index (χ2v) is 8.88. The van der Waals surface area contributed by atoms with Crippen molar-refractivity contribution in [2.24, 2.45) is 10.9 Å². The molecule has 2 aliphatic heterocycles. The lowest BCUT2D eigenvalue weighted by molar-refractivity contribution is -0.147. The van der Waals surface area contributed by atoms with Crippen molar-refractivity contribution in [2.75, 3.05) is 13.1 Å². The van der Waals surface area contributed by atoms with Gasteiger partial charge in [0.05, 0.1) is 21.5 Å². The zero-order valence-corrected chi connectivity index (χ0v) is 18.7. The molecule has 13 heteroatoms. The highest BCUT2D eigenvalue weighted by Gasteiger charge is 2.33. The number of nitrogens with one attached hydrogen (secondary N) is 1. The lowest BCUT2D eigenvalue weighted by atomic mass is 9.99. The Morgan fingerprint density at radius 2 is 1.97 bits per heavy atom. The van der Waals surface area contributed by atoms with Crippen molar-refractivity contribution in [2.45, 2.75) is 18.9 Å². The summed E-state index contributed by atoms with van der Waals surface area (Å²) in [4.78, 5) is 27.1. The molecule has 0 spiro atoms. The molecule has 178 valence electrons. The number of carboxylic acid groups (broad SMARTS) is 1. The molecule has 2 aliphatic rings. The second kappa shape index (κ2) is 8.42. The molecule has 0 saturated carbocycles. The van der Waals surface area contributed by atoms with E-state index in [0.29, 0.717) is 36.1 Å². The van der Waals surface area contributed by atoms with E-state index >= 15 is 0 Å². The Bertz CT molecular complexity index is 1320. The SMILES string of the molecule is O=C(O)C1CN(Cc2ccc(C3=NC(c4cn5cc(C(F)(F)F)cc(Cl)c5n4)ON3)c(Cl)c2)C1. The number of aliphatic carboxylic acids is 1. The Labute approximate surface area is 200 Å². The third-order valence-corrected chi connectivity index (χ3v) is 6.21. The molecule has 2 N–H and O–H groups in total. The quantitative estimate of drug-likeness (QED) is 0.532. The second-order valence-electron chi connectivity index (χ2n) is 8.06. The Hall–Kier alpha value is -2.86. The molecule has 0 bridgehead atoms. The molecule has 5 rings (SSSR count). The monoisotopic (exact) mass is 513 g/mol. The number of halogens is 5. The number of fused-ring (bicyclic) bond motifs is 1. The van der Waals surface area contributed by atoms with Gasteiger partial charge in [-0.15, -0.1) is 0 Å². The Kier molecular flexibility index (Phi) is 5.67. The van der Waals surface area contributed by atoms with E-state index in [-0.39, 0.29) is 22.3 Å². The molecule has 8 nitrogen and oxygen atoms in total. The predicted molar refractivity (Wildman–Crippen MR) is 117 cm³/mol. The first kappa shape index (κ1) is 22.9. The number of alkyl halides is 3. The van der Waals surface area contributed by atoms with Crippen LogP contribution in [-0.2, 0) is 22.4 Å².